The van der Waals surface area contributed by atoms with E-state index in [9.17, 15) is 0 Å². The molecule has 0 fully saturated rings. The fraction of sp³-hybridized carbons (Fsp3) is 0.214. The third-order valence-electron chi connectivity index (χ3n) is 2.93. The van der Waals surface area contributed by atoms with Crippen molar-refractivity contribution in [1.29, 1.82) is 0 Å². The van der Waals surface area contributed by atoms with E-state index in [-0.39, 0.29) is 6.04 Å². The Bertz CT molecular complexity index is 457. The molecule has 1 heterocycles. The van der Waals surface area contributed by atoms with E-state index >= 15 is 0 Å². The molecule has 2 aromatic rings. The van der Waals surface area contributed by atoms with E-state index in [4.69, 9.17) is 5.73 Å². The standard InChI is InChI=1S/C14H16N2/c1-11-7-6-10-14(15)16(11)12(2)13-8-4-3-5-9-13/h3-10,12,15H,1-2H3/p+1. The van der Waals surface area contributed by atoms with Crippen molar-refractivity contribution in [3.8, 4) is 0 Å². The zero-order valence-corrected chi connectivity index (χ0v) is 9.72. The fourth-order valence-corrected chi connectivity index (χ4v) is 2.06. The van der Waals surface area contributed by atoms with Gasteiger partial charge in [-0.2, -0.15) is 0 Å². The normalized spacial score (nSPS) is 12.4. The minimum atomic E-state index is 0.266. The molecule has 2 N–H and O–H groups in total. The van der Waals surface area contributed by atoms with Gasteiger partial charge in [0, 0.05) is 6.07 Å². The predicted molar refractivity (Wildman–Crippen MR) is 66.0 cm³/mol. The first-order valence-electron chi connectivity index (χ1n) is 5.51. The molecule has 2 rings (SSSR count). The highest BCUT2D eigenvalue weighted by atomic mass is 15.1. The van der Waals surface area contributed by atoms with E-state index in [1.165, 1.54) is 11.3 Å². The number of rotatable bonds is 2. The maximum Gasteiger partial charge on any atom is 0.272 e. The molecule has 0 amide bonds. The Morgan fingerprint density at radius 1 is 1.00 bits per heavy atom. The van der Waals surface area contributed by atoms with E-state index in [1.807, 2.05) is 18.2 Å². The number of nitrogens with two attached hydrogens (primary N) is 1. The smallest absolute Gasteiger partial charge is 0.272 e. The number of hydrogen-bond donors (Lipinski definition) is 1. The molecule has 1 aromatic carbocycles. The summed E-state index contributed by atoms with van der Waals surface area (Å²) in [5.41, 5.74) is 8.47. The number of pyridine rings is 1. The predicted octanol–water partition coefficient (Wildman–Crippen LogP) is 2.47. The van der Waals surface area contributed by atoms with Crippen LogP contribution >= 0.6 is 0 Å². The third-order valence-corrected chi connectivity index (χ3v) is 2.93. The van der Waals surface area contributed by atoms with Gasteiger partial charge in [0.25, 0.3) is 5.82 Å². The molecule has 1 atom stereocenters. The summed E-state index contributed by atoms with van der Waals surface area (Å²) >= 11 is 0. The quantitative estimate of drug-likeness (QED) is 0.763. The molecule has 1 aromatic heterocycles. The number of aromatic nitrogens is 1. The van der Waals surface area contributed by atoms with E-state index in [0.29, 0.717) is 0 Å². The second-order valence-electron chi connectivity index (χ2n) is 4.05. The van der Waals surface area contributed by atoms with Crippen molar-refractivity contribution < 1.29 is 4.57 Å². The monoisotopic (exact) mass is 213 g/mol. The second-order valence-corrected chi connectivity index (χ2v) is 4.05. The Labute approximate surface area is 96.4 Å². The lowest BCUT2D eigenvalue weighted by molar-refractivity contribution is -0.702. The first-order chi connectivity index (χ1) is 7.70. The summed E-state index contributed by atoms with van der Waals surface area (Å²) in [5.74, 6) is 0.802. The largest absolute Gasteiger partial charge is 0.287 e. The van der Waals surface area contributed by atoms with Crippen LogP contribution in [0.2, 0.25) is 0 Å². The number of anilines is 1. The highest BCUT2D eigenvalue weighted by molar-refractivity contribution is 5.23. The molecule has 0 saturated heterocycles. The van der Waals surface area contributed by atoms with E-state index in [2.05, 4.69) is 48.7 Å². The van der Waals surface area contributed by atoms with Crippen LogP contribution in [0.1, 0.15) is 24.2 Å². The maximum atomic E-state index is 6.02. The molecule has 0 aliphatic rings. The van der Waals surface area contributed by atoms with Crippen LogP contribution in [-0.4, -0.2) is 0 Å². The lowest BCUT2D eigenvalue weighted by Gasteiger charge is -2.14. The number of benzene rings is 1. The van der Waals surface area contributed by atoms with Crippen molar-refractivity contribution in [1.82, 2.24) is 0 Å². The summed E-state index contributed by atoms with van der Waals surface area (Å²) in [5, 5.41) is 0. The lowest BCUT2D eigenvalue weighted by Crippen LogP contribution is -2.43. The van der Waals surface area contributed by atoms with Gasteiger partial charge in [-0.15, -0.1) is 0 Å². The van der Waals surface area contributed by atoms with E-state index in [0.717, 1.165) is 5.82 Å². The Hall–Kier alpha value is -1.83. The fourth-order valence-electron chi connectivity index (χ4n) is 2.06. The van der Waals surface area contributed by atoms with Crippen molar-refractivity contribution in [3.63, 3.8) is 0 Å². The molecule has 2 nitrogen and oxygen atoms in total. The summed E-state index contributed by atoms with van der Waals surface area (Å²) in [4.78, 5) is 0. The first-order valence-corrected chi connectivity index (χ1v) is 5.51. The molecule has 2 heteroatoms. The molecule has 16 heavy (non-hydrogen) atoms. The van der Waals surface area contributed by atoms with Crippen LogP contribution in [0.25, 0.3) is 0 Å². The van der Waals surface area contributed by atoms with Crippen LogP contribution < -0.4 is 10.3 Å². The van der Waals surface area contributed by atoms with Gasteiger partial charge in [0.2, 0.25) is 0 Å². The van der Waals surface area contributed by atoms with Crippen LogP contribution in [0.4, 0.5) is 5.82 Å². The van der Waals surface area contributed by atoms with Crippen LogP contribution in [0.3, 0.4) is 0 Å². The van der Waals surface area contributed by atoms with Gasteiger partial charge in [-0.1, -0.05) is 36.4 Å². The zero-order valence-electron chi connectivity index (χ0n) is 9.72. The molecule has 0 spiro atoms. The number of nitrogens with zero attached hydrogens (tertiary/aromatic N) is 1. The summed E-state index contributed by atoms with van der Waals surface area (Å²) in [6.45, 7) is 4.24. The molecule has 0 bridgehead atoms. The van der Waals surface area contributed by atoms with Gasteiger partial charge in [-0.3, -0.25) is 5.73 Å². The Morgan fingerprint density at radius 3 is 2.31 bits per heavy atom. The van der Waals surface area contributed by atoms with Gasteiger partial charge in [-0.05, 0) is 25.5 Å². The van der Waals surface area contributed by atoms with Gasteiger partial charge in [0.05, 0.1) is 0 Å². The number of hydrogen-bond acceptors (Lipinski definition) is 1. The molecule has 0 aliphatic heterocycles. The van der Waals surface area contributed by atoms with Crippen LogP contribution in [0.5, 0.6) is 0 Å². The van der Waals surface area contributed by atoms with Crippen LogP contribution in [-0.2, 0) is 0 Å². The summed E-state index contributed by atoms with van der Waals surface area (Å²) < 4.78 is 2.15. The molecular weight excluding hydrogens is 196 g/mol. The molecular formula is C14H17N2+. The zero-order chi connectivity index (χ0) is 11.5. The highest BCUT2D eigenvalue weighted by Crippen LogP contribution is 2.14. The molecule has 0 aliphatic carbocycles. The molecule has 0 saturated carbocycles. The molecule has 0 radical (unpaired) electrons. The summed E-state index contributed by atoms with van der Waals surface area (Å²) in [6, 6.07) is 16.7. The van der Waals surface area contributed by atoms with Crippen molar-refractivity contribution in [2.24, 2.45) is 0 Å². The average Bonchev–Trinajstić information content (AvgIpc) is 2.30. The Kier molecular flexibility index (Phi) is 2.91. The van der Waals surface area contributed by atoms with Crippen molar-refractivity contribution in [3.05, 3.63) is 59.8 Å². The maximum absolute atomic E-state index is 6.02. The van der Waals surface area contributed by atoms with Crippen LogP contribution in [0, 0.1) is 6.92 Å². The lowest BCUT2D eigenvalue weighted by atomic mass is 10.1. The summed E-state index contributed by atoms with van der Waals surface area (Å²) in [7, 11) is 0. The van der Waals surface area contributed by atoms with Gasteiger partial charge < -0.3 is 0 Å². The SMILES string of the molecule is Cc1cccc(N)[n+]1C(C)c1ccccc1. The first kappa shape index (κ1) is 10.7. The highest BCUT2D eigenvalue weighted by Gasteiger charge is 2.16. The number of nitrogen functional groups attached to an aromatic ring is 1. The third kappa shape index (κ3) is 1.91. The number of aryl methyl sites for hydroxylation is 1. The Morgan fingerprint density at radius 2 is 1.69 bits per heavy atom. The average molecular weight is 213 g/mol. The topological polar surface area (TPSA) is 29.9 Å². The second kappa shape index (κ2) is 4.35. The Balaban J connectivity index is 2.46. The van der Waals surface area contributed by atoms with E-state index in [1.54, 1.807) is 0 Å². The van der Waals surface area contributed by atoms with Gasteiger partial charge in [-0.25, -0.2) is 4.57 Å². The molecule has 82 valence electrons. The van der Waals surface area contributed by atoms with Crippen molar-refractivity contribution in [2.75, 3.05) is 5.73 Å². The minimum Gasteiger partial charge on any atom is -0.287 e. The minimum absolute atomic E-state index is 0.266. The van der Waals surface area contributed by atoms with Gasteiger partial charge >= 0.3 is 0 Å². The van der Waals surface area contributed by atoms with Gasteiger partial charge in [0.15, 0.2) is 0 Å². The summed E-state index contributed by atoms with van der Waals surface area (Å²) in [6.07, 6.45) is 0. The molecule has 1 unspecified atom stereocenters. The van der Waals surface area contributed by atoms with Crippen molar-refractivity contribution >= 4 is 5.82 Å². The van der Waals surface area contributed by atoms with E-state index < -0.39 is 0 Å². The van der Waals surface area contributed by atoms with Gasteiger partial charge in [0.1, 0.15) is 11.7 Å². The van der Waals surface area contributed by atoms with Crippen LogP contribution in [0.15, 0.2) is 48.5 Å². The van der Waals surface area contributed by atoms with Crippen molar-refractivity contribution in [2.45, 2.75) is 19.9 Å².